The molecule has 1 amide bonds. The van der Waals surface area contributed by atoms with Gasteiger partial charge in [0.15, 0.2) is 0 Å². The first-order valence-corrected chi connectivity index (χ1v) is 15.2. The Morgan fingerprint density at radius 3 is 2.39 bits per heavy atom. The first kappa shape index (κ1) is 26.6. The Morgan fingerprint density at radius 2 is 1.72 bits per heavy atom. The average Bonchev–Trinajstić information content (AvgIpc) is 3.33. The van der Waals surface area contributed by atoms with Crippen LogP contribution in [0.3, 0.4) is 0 Å². The number of thiophene rings is 1. The van der Waals surface area contributed by atoms with Crippen molar-refractivity contribution in [3.63, 3.8) is 0 Å². The van der Waals surface area contributed by atoms with Crippen LogP contribution in [0.1, 0.15) is 28.1 Å². The van der Waals surface area contributed by atoms with Gasteiger partial charge in [0.05, 0.1) is 11.4 Å². The van der Waals surface area contributed by atoms with Crippen molar-refractivity contribution in [3.8, 4) is 0 Å². The molecular weight excluding hydrogens is 544 g/mol. The van der Waals surface area contributed by atoms with Crippen molar-refractivity contribution in [3.05, 3.63) is 76.1 Å². The summed E-state index contributed by atoms with van der Waals surface area (Å²) in [6.07, 6.45) is 1.13. The van der Waals surface area contributed by atoms with E-state index in [2.05, 4.69) is 10.6 Å². The number of nitrogens with two attached hydrogens (primary N) is 1. The zero-order valence-electron chi connectivity index (χ0n) is 19.1. The third kappa shape index (κ3) is 6.44. The molecule has 4 N–H and O–H groups in total. The minimum absolute atomic E-state index is 0.00541. The highest BCUT2D eigenvalue weighted by Gasteiger charge is 2.30. The maximum absolute atomic E-state index is 13.1. The van der Waals surface area contributed by atoms with Crippen molar-refractivity contribution >= 4 is 54.6 Å². The molecule has 1 aliphatic heterocycles. The van der Waals surface area contributed by atoms with Crippen LogP contribution in [0.25, 0.3) is 0 Å². The van der Waals surface area contributed by atoms with Crippen LogP contribution in [0.15, 0.2) is 69.8 Å². The molecule has 0 saturated carbocycles. The Balaban J connectivity index is 1.32. The van der Waals surface area contributed by atoms with Crippen LogP contribution in [-0.2, 0) is 26.6 Å². The number of rotatable bonds is 8. The fraction of sp³-hybridized carbons (Fsp3) is 0.261. The van der Waals surface area contributed by atoms with Crippen molar-refractivity contribution in [2.45, 2.75) is 34.5 Å². The number of carbonyl (C=O) groups is 1. The summed E-state index contributed by atoms with van der Waals surface area (Å²) in [5.74, 6) is -0.270. The number of sulfonamides is 2. The third-order valence-electron chi connectivity index (χ3n) is 5.75. The number of amides is 1. The van der Waals surface area contributed by atoms with Crippen molar-refractivity contribution in [2.24, 2.45) is 5.14 Å². The van der Waals surface area contributed by atoms with Gasteiger partial charge < -0.3 is 10.6 Å². The zero-order valence-corrected chi connectivity index (χ0v) is 22.3. The monoisotopic (exact) mass is 568 g/mol. The second-order valence-electron chi connectivity index (χ2n) is 8.31. The van der Waals surface area contributed by atoms with Gasteiger partial charge in [-0.3, -0.25) is 4.79 Å². The fourth-order valence-corrected chi connectivity index (χ4v) is 7.43. The van der Waals surface area contributed by atoms with Gasteiger partial charge >= 0.3 is 0 Å². The summed E-state index contributed by atoms with van der Waals surface area (Å²) in [6.45, 7) is 0.871. The summed E-state index contributed by atoms with van der Waals surface area (Å²) >= 11 is 6.98. The molecule has 1 fully saturated rings. The molecule has 13 heteroatoms. The predicted molar refractivity (Wildman–Crippen MR) is 140 cm³/mol. The number of benzene rings is 2. The van der Waals surface area contributed by atoms with E-state index in [-0.39, 0.29) is 27.6 Å². The molecule has 1 saturated heterocycles. The largest absolute Gasteiger partial charge is 0.382 e. The normalized spacial score (nSPS) is 15.5. The Bertz CT molecular complexity index is 1450. The van der Waals surface area contributed by atoms with Gasteiger partial charge in [0.25, 0.3) is 15.9 Å². The lowest BCUT2D eigenvalue weighted by molar-refractivity contribution is 0.0951. The molecule has 0 atom stereocenters. The van der Waals surface area contributed by atoms with Gasteiger partial charge in [-0.2, -0.15) is 4.31 Å². The SMILES string of the molecule is NS(=O)(=O)c1cccc(NC2CCN(S(=O)(=O)c3ccc(CNC(=O)c4ccc(Cl)cc4)s3)CC2)c1. The molecule has 1 aliphatic rings. The Kier molecular flexibility index (Phi) is 8.03. The van der Waals surface area contributed by atoms with E-state index < -0.39 is 20.0 Å². The standard InChI is InChI=1S/C23H25ClN4O5S3/c24-17-6-4-16(5-7-17)23(29)26-15-20-8-9-22(34-20)36(32,33)28-12-10-18(11-13-28)27-19-2-1-3-21(14-19)35(25,30)31/h1-9,14,18,27H,10-13,15H2,(H,26,29)(H2,25,30,31). The van der Waals surface area contributed by atoms with Crippen LogP contribution >= 0.6 is 22.9 Å². The zero-order chi connectivity index (χ0) is 25.9. The van der Waals surface area contributed by atoms with Crippen LogP contribution < -0.4 is 15.8 Å². The number of carbonyl (C=O) groups excluding carboxylic acids is 1. The molecule has 0 spiro atoms. The molecule has 36 heavy (non-hydrogen) atoms. The number of anilines is 1. The lowest BCUT2D eigenvalue weighted by Crippen LogP contribution is -2.42. The first-order valence-electron chi connectivity index (χ1n) is 11.0. The van der Waals surface area contributed by atoms with Crippen LogP contribution in [-0.4, -0.2) is 46.2 Å². The number of hydrogen-bond acceptors (Lipinski definition) is 7. The smallest absolute Gasteiger partial charge is 0.252 e. The number of halogens is 1. The van der Waals surface area contributed by atoms with Gasteiger partial charge in [-0.05, 0) is 67.4 Å². The molecule has 4 rings (SSSR count). The van der Waals surface area contributed by atoms with Gasteiger partial charge in [-0.25, -0.2) is 22.0 Å². The topological polar surface area (TPSA) is 139 Å². The highest BCUT2D eigenvalue weighted by atomic mass is 35.5. The molecule has 2 heterocycles. The fourth-order valence-electron chi connectivity index (χ4n) is 3.83. The van der Waals surface area contributed by atoms with Crippen molar-refractivity contribution in [2.75, 3.05) is 18.4 Å². The molecule has 0 unspecified atom stereocenters. The number of nitrogens with zero attached hydrogens (tertiary/aromatic N) is 1. The minimum Gasteiger partial charge on any atom is -0.382 e. The third-order valence-corrected chi connectivity index (χ3v) is 10.4. The van der Waals surface area contributed by atoms with E-state index in [0.29, 0.717) is 42.2 Å². The van der Waals surface area contributed by atoms with Gasteiger partial charge in [0.1, 0.15) is 4.21 Å². The minimum atomic E-state index is -3.80. The maximum atomic E-state index is 13.1. The molecule has 0 radical (unpaired) electrons. The second kappa shape index (κ2) is 10.9. The van der Waals surface area contributed by atoms with E-state index >= 15 is 0 Å². The molecule has 2 aromatic carbocycles. The summed E-state index contributed by atoms with van der Waals surface area (Å²) in [5.41, 5.74) is 1.09. The Hall–Kier alpha value is -2.48. The van der Waals surface area contributed by atoms with E-state index in [4.69, 9.17) is 16.7 Å². The molecule has 0 aliphatic carbocycles. The summed E-state index contributed by atoms with van der Waals surface area (Å²) < 4.78 is 51.1. The highest BCUT2D eigenvalue weighted by Crippen LogP contribution is 2.28. The van der Waals surface area contributed by atoms with Gasteiger partial charge in [-0.1, -0.05) is 17.7 Å². The van der Waals surface area contributed by atoms with Crippen molar-refractivity contribution in [1.29, 1.82) is 0 Å². The molecular formula is C23H25ClN4O5S3. The average molecular weight is 569 g/mol. The molecule has 1 aromatic heterocycles. The lowest BCUT2D eigenvalue weighted by Gasteiger charge is -2.31. The Morgan fingerprint density at radius 1 is 1.03 bits per heavy atom. The van der Waals surface area contributed by atoms with E-state index in [0.717, 1.165) is 16.2 Å². The molecule has 192 valence electrons. The number of nitrogens with one attached hydrogen (secondary N) is 2. The maximum Gasteiger partial charge on any atom is 0.252 e. The van der Waals surface area contributed by atoms with Crippen LogP contribution in [0.2, 0.25) is 5.02 Å². The molecule has 3 aromatic rings. The summed E-state index contributed by atoms with van der Waals surface area (Å²) in [6, 6.07) is 16.0. The van der Waals surface area contributed by atoms with Crippen molar-refractivity contribution in [1.82, 2.24) is 9.62 Å². The van der Waals surface area contributed by atoms with Gasteiger partial charge in [0.2, 0.25) is 10.0 Å². The van der Waals surface area contributed by atoms with Crippen LogP contribution in [0, 0.1) is 0 Å². The summed E-state index contributed by atoms with van der Waals surface area (Å²) in [7, 11) is -7.46. The predicted octanol–water partition coefficient (Wildman–Crippen LogP) is 3.24. The van der Waals surface area contributed by atoms with Crippen LogP contribution in [0.4, 0.5) is 5.69 Å². The van der Waals surface area contributed by atoms with E-state index in [1.807, 2.05) is 0 Å². The number of primary sulfonamides is 1. The molecule has 0 bridgehead atoms. The number of hydrogen-bond donors (Lipinski definition) is 3. The van der Waals surface area contributed by atoms with Crippen LogP contribution in [0.5, 0.6) is 0 Å². The highest BCUT2D eigenvalue weighted by molar-refractivity contribution is 7.91. The Labute approximate surface area is 219 Å². The van der Waals surface area contributed by atoms with E-state index in [9.17, 15) is 21.6 Å². The summed E-state index contributed by atoms with van der Waals surface area (Å²) in [5, 5.41) is 11.8. The van der Waals surface area contributed by atoms with Gasteiger partial charge in [0, 0.05) is 40.3 Å². The quantitative estimate of drug-likeness (QED) is 0.381. The van der Waals surface area contributed by atoms with E-state index in [1.54, 1.807) is 48.5 Å². The lowest BCUT2D eigenvalue weighted by atomic mass is 10.1. The van der Waals surface area contributed by atoms with E-state index in [1.165, 1.54) is 16.4 Å². The number of piperidine rings is 1. The summed E-state index contributed by atoms with van der Waals surface area (Å²) in [4.78, 5) is 13.0. The second-order valence-corrected chi connectivity index (χ2v) is 13.6. The van der Waals surface area contributed by atoms with Gasteiger partial charge in [-0.15, -0.1) is 11.3 Å². The first-order chi connectivity index (χ1) is 17.0. The van der Waals surface area contributed by atoms with Crippen molar-refractivity contribution < 1.29 is 21.6 Å². The molecule has 9 nitrogen and oxygen atoms in total.